The summed E-state index contributed by atoms with van der Waals surface area (Å²) in [6, 6.07) is 14.6. The van der Waals surface area contributed by atoms with E-state index in [1.807, 2.05) is 6.07 Å². The van der Waals surface area contributed by atoms with Gasteiger partial charge >= 0.3 is 0 Å². The topological polar surface area (TPSA) is 70.7 Å². The molecule has 9 heteroatoms. The Balaban J connectivity index is 1.34. The summed E-state index contributed by atoms with van der Waals surface area (Å²) in [5.41, 5.74) is 2.88. The van der Waals surface area contributed by atoms with E-state index in [2.05, 4.69) is 59.2 Å². The molecular weight excluding hydrogens is 482 g/mol. The number of ether oxygens (including phenoxy) is 2. The first-order valence-corrected chi connectivity index (χ1v) is 12.5. The summed E-state index contributed by atoms with van der Waals surface area (Å²) in [4.78, 5) is 6.98. The molecule has 7 nitrogen and oxygen atoms in total. The molecule has 1 saturated carbocycles. The number of methoxy groups -OCH3 is 2. The average molecular weight is 514 g/mol. The summed E-state index contributed by atoms with van der Waals surface area (Å²) in [7, 11) is 7.30. The predicted octanol–water partition coefficient (Wildman–Crippen LogP) is 5.68. The van der Waals surface area contributed by atoms with Crippen LogP contribution in [0.4, 0.5) is 17.2 Å². The van der Waals surface area contributed by atoms with Gasteiger partial charge in [-0.1, -0.05) is 29.8 Å². The van der Waals surface area contributed by atoms with Gasteiger partial charge < -0.3 is 30.3 Å². The third-order valence-corrected chi connectivity index (χ3v) is 6.83. The van der Waals surface area contributed by atoms with E-state index >= 15 is 0 Å². The molecule has 0 radical (unpaired) electrons. The first kappa shape index (κ1) is 25.1. The Morgan fingerprint density at radius 1 is 1.00 bits per heavy atom. The van der Waals surface area contributed by atoms with Crippen molar-refractivity contribution in [1.82, 2.24) is 10.3 Å². The molecule has 3 aromatic rings. The highest BCUT2D eigenvalue weighted by atomic mass is 35.5. The molecule has 0 spiro atoms. The van der Waals surface area contributed by atoms with Crippen LogP contribution in [0.1, 0.15) is 25.7 Å². The van der Waals surface area contributed by atoms with Crippen molar-refractivity contribution in [3.63, 3.8) is 0 Å². The molecule has 0 unspecified atom stereocenters. The highest BCUT2D eigenvalue weighted by molar-refractivity contribution is 7.80. The molecule has 0 aliphatic heterocycles. The monoisotopic (exact) mass is 513 g/mol. The zero-order chi connectivity index (χ0) is 24.9. The maximum absolute atomic E-state index is 6.20. The van der Waals surface area contributed by atoms with Crippen LogP contribution in [0.2, 0.25) is 5.02 Å². The number of para-hydroxylation sites is 1. The van der Waals surface area contributed by atoms with Crippen LogP contribution in [0.15, 0.2) is 42.5 Å². The summed E-state index contributed by atoms with van der Waals surface area (Å²) in [5, 5.41) is 12.5. The van der Waals surface area contributed by atoms with Crippen molar-refractivity contribution in [2.45, 2.75) is 37.8 Å². The van der Waals surface area contributed by atoms with Crippen LogP contribution in [0.25, 0.3) is 10.9 Å². The van der Waals surface area contributed by atoms with Crippen LogP contribution in [0.5, 0.6) is 11.5 Å². The van der Waals surface area contributed by atoms with Crippen molar-refractivity contribution in [3.8, 4) is 11.5 Å². The second-order valence-corrected chi connectivity index (χ2v) is 9.73. The predicted molar refractivity (Wildman–Crippen MR) is 150 cm³/mol. The smallest absolute Gasteiger partial charge is 0.171 e. The van der Waals surface area contributed by atoms with Crippen molar-refractivity contribution in [2.24, 2.45) is 0 Å². The second kappa shape index (κ2) is 11.2. The maximum atomic E-state index is 6.20. The molecule has 35 heavy (non-hydrogen) atoms. The lowest BCUT2D eigenvalue weighted by atomic mass is 9.91. The molecule has 1 fully saturated rings. The molecule has 3 N–H and O–H groups in total. The van der Waals surface area contributed by atoms with Crippen molar-refractivity contribution >= 4 is 57.0 Å². The van der Waals surface area contributed by atoms with Gasteiger partial charge in [-0.25, -0.2) is 4.98 Å². The summed E-state index contributed by atoms with van der Waals surface area (Å²) in [6.45, 7) is 0. The molecule has 4 rings (SSSR count). The van der Waals surface area contributed by atoms with Crippen molar-refractivity contribution < 1.29 is 9.47 Å². The van der Waals surface area contributed by atoms with E-state index in [9.17, 15) is 0 Å². The second-order valence-electron chi connectivity index (χ2n) is 8.92. The number of hydrogen-bond donors (Lipinski definition) is 3. The molecule has 1 aliphatic carbocycles. The molecule has 0 saturated heterocycles. The van der Waals surface area contributed by atoms with Gasteiger partial charge in [-0.2, -0.15) is 0 Å². The lowest BCUT2D eigenvalue weighted by Crippen LogP contribution is -2.42. The van der Waals surface area contributed by atoms with E-state index in [1.165, 1.54) is 5.69 Å². The van der Waals surface area contributed by atoms with Gasteiger partial charge in [0.25, 0.3) is 0 Å². The maximum Gasteiger partial charge on any atom is 0.171 e. The minimum absolute atomic E-state index is 0.301. The Labute approximate surface area is 217 Å². The van der Waals surface area contributed by atoms with E-state index in [4.69, 9.17) is 38.3 Å². The summed E-state index contributed by atoms with van der Waals surface area (Å²) >= 11 is 11.8. The number of halogens is 1. The highest BCUT2D eigenvalue weighted by Gasteiger charge is 2.23. The minimum atomic E-state index is 0.301. The fourth-order valence-corrected chi connectivity index (χ4v) is 5.00. The molecule has 186 valence electrons. The average Bonchev–Trinajstić information content (AvgIpc) is 2.85. The Morgan fingerprint density at radius 2 is 1.69 bits per heavy atom. The van der Waals surface area contributed by atoms with Gasteiger partial charge in [-0.15, -0.1) is 0 Å². The molecule has 2 aromatic carbocycles. The Morgan fingerprint density at radius 3 is 2.37 bits per heavy atom. The fraction of sp³-hybridized carbons (Fsp3) is 0.385. The number of thiocarbonyl (C=S) groups is 1. The number of hydrogen-bond acceptors (Lipinski definition) is 6. The van der Waals surface area contributed by atoms with Crippen molar-refractivity contribution in [1.29, 1.82) is 0 Å². The van der Waals surface area contributed by atoms with Crippen molar-refractivity contribution in [2.75, 3.05) is 43.8 Å². The molecule has 1 heterocycles. The Bertz CT molecular complexity index is 1200. The first-order valence-electron chi connectivity index (χ1n) is 11.7. The zero-order valence-corrected chi connectivity index (χ0v) is 22.1. The van der Waals surface area contributed by atoms with Gasteiger partial charge in [-0.05, 0) is 44.0 Å². The number of benzene rings is 2. The summed E-state index contributed by atoms with van der Waals surface area (Å²) < 4.78 is 10.7. The standard InChI is InChI=1S/C26H32ClN5O2S/c1-32(2)22-15-25(30-20-8-6-5-7-18(20)22)28-16-9-11-17(12-10-16)29-26(35)31-21-14-23(33-3)19(27)13-24(21)34-4/h5-8,13-17H,9-12H2,1-4H3,(H,28,30)(H2,29,31,35). The summed E-state index contributed by atoms with van der Waals surface area (Å²) in [5.74, 6) is 2.08. The van der Waals surface area contributed by atoms with E-state index in [-0.39, 0.29) is 0 Å². The molecule has 0 bridgehead atoms. The van der Waals surface area contributed by atoms with E-state index in [0.29, 0.717) is 39.4 Å². The van der Waals surface area contributed by atoms with Gasteiger partial charge in [0.15, 0.2) is 5.11 Å². The van der Waals surface area contributed by atoms with Gasteiger partial charge in [0.1, 0.15) is 17.3 Å². The third-order valence-electron chi connectivity index (χ3n) is 6.31. The normalized spacial score (nSPS) is 17.5. The third kappa shape index (κ3) is 6.00. The van der Waals surface area contributed by atoms with E-state index < -0.39 is 0 Å². The molecule has 0 atom stereocenters. The lowest BCUT2D eigenvalue weighted by molar-refractivity contribution is 0.388. The van der Waals surface area contributed by atoms with E-state index in [1.54, 1.807) is 26.4 Å². The summed E-state index contributed by atoms with van der Waals surface area (Å²) in [6.07, 6.45) is 4.08. The molecular formula is C26H32ClN5O2S. The van der Waals surface area contributed by atoms with Crippen LogP contribution in [0.3, 0.4) is 0 Å². The molecule has 1 aliphatic rings. The lowest BCUT2D eigenvalue weighted by Gasteiger charge is -2.31. The number of nitrogens with zero attached hydrogens (tertiary/aromatic N) is 2. The number of rotatable bonds is 7. The van der Waals surface area contributed by atoms with E-state index in [0.717, 1.165) is 42.4 Å². The first-order chi connectivity index (χ1) is 16.9. The van der Waals surface area contributed by atoms with Crippen LogP contribution >= 0.6 is 23.8 Å². The van der Waals surface area contributed by atoms with Crippen LogP contribution < -0.4 is 30.3 Å². The van der Waals surface area contributed by atoms with Gasteiger partial charge in [-0.3, -0.25) is 0 Å². The number of anilines is 3. The van der Waals surface area contributed by atoms with Gasteiger partial charge in [0, 0.05) is 55.5 Å². The minimum Gasteiger partial charge on any atom is -0.495 e. The molecule has 1 aromatic heterocycles. The van der Waals surface area contributed by atoms with Crippen LogP contribution in [-0.4, -0.2) is 50.5 Å². The SMILES string of the molecule is COc1cc(NC(=S)NC2CCC(Nc3cc(N(C)C)c4ccccc4n3)CC2)c(OC)cc1Cl. The van der Waals surface area contributed by atoms with Crippen molar-refractivity contribution in [3.05, 3.63) is 47.5 Å². The Hall–Kier alpha value is -2.97. The number of nitrogens with one attached hydrogen (secondary N) is 3. The largest absolute Gasteiger partial charge is 0.495 e. The Kier molecular flexibility index (Phi) is 8.03. The quantitative estimate of drug-likeness (QED) is 0.348. The highest BCUT2D eigenvalue weighted by Crippen LogP contribution is 2.36. The van der Waals surface area contributed by atoms with Crippen LogP contribution in [0, 0.1) is 0 Å². The van der Waals surface area contributed by atoms with Crippen LogP contribution in [-0.2, 0) is 0 Å². The molecule has 0 amide bonds. The number of pyridine rings is 1. The fourth-order valence-electron chi connectivity index (χ4n) is 4.49. The van der Waals surface area contributed by atoms with Gasteiger partial charge in [0.2, 0.25) is 0 Å². The number of fused-ring (bicyclic) bond motifs is 1. The number of aromatic nitrogens is 1. The zero-order valence-electron chi connectivity index (χ0n) is 20.5. The van der Waals surface area contributed by atoms with Gasteiger partial charge in [0.05, 0.1) is 30.4 Å².